The van der Waals surface area contributed by atoms with Gasteiger partial charge in [0.2, 0.25) is 0 Å². The number of aromatic nitrogens is 1. The van der Waals surface area contributed by atoms with Crippen LogP contribution in [0.3, 0.4) is 0 Å². The van der Waals surface area contributed by atoms with Crippen LogP contribution in [0, 0.1) is 5.41 Å². The molecule has 0 spiro atoms. The number of nitrogens with zero attached hydrogens (tertiary/aromatic N) is 1. The molecule has 0 saturated heterocycles. The topological polar surface area (TPSA) is 80.9 Å². The molecule has 0 unspecified atom stereocenters. The number of amides is 1. The van der Waals surface area contributed by atoms with E-state index in [0.717, 1.165) is 15.8 Å². The van der Waals surface area contributed by atoms with Crippen LogP contribution in [-0.2, 0) is 13.1 Å². The smallest absolute Gasteiger partial charge is 0.182 e. The normalized spacial score (nSPS) is 10.7. The molecule has 2 aromatic carbocycles. The number of carboxylic acid groups (broad SMARTS) is 1. The number of hydrogen-bond acceptors (Lipinski definition) is 4. The lowest BCUT2D eigenvalue weighted by Crippen LogP contribution is -2.35. The van der Waals surface area contributed by atoms with Gasteiger partial charge in [-0.05, 0) is 16.3 Å². The lowest BCUT2D eigenvalue weighted by atomic mass is 10.0. The fraction of sp³-hybridized carbons (Fsp3) is 0.125. The molecule has 1 amide bonds. The van der Waals surface area contributed by atoms with Crippen LogP contribution in [0.5, 0.6) is 0 Å². The molecule has 22 heavy (non-hydrogen) atoms. The Hall–Kier alpha value is -2.60. The van der Waals surface area contributed by atoms with Gasteiger partial charge in [0.05, 0.1) is 13.1 Å². The van der Waals surface area contributed by atoms with E-state index in [4.69, 9.17) is 5.41 Å². The summed E-state index contributed by atoms with van der Waals surface area (Å²) in [4.78, 5) is 11.6. The Balaban J connectivity index is 1.89. The summed E-state index contributed by atoms with van der Waals surface area (Å²) in [6, 6.07) is 14.3. The number of hydrogen-bond donors (Lipinski definition) is 2. The summed E-state index contributed by atoms with van der Waals surface area (Å²) >= 11 is 1.26. The second-order valence-electron chi connectivity index (χ2n) is 4.91. The van der Waals surface area contributed by atoms with Gasteiger partial charge in [-0.3, -0.25) is 5.41 Å². The van der Waals surface area contributed by atoms with Crippen LogP contribution in [0.4, 0.5) is 4.79 Å². The van der Waals surface area contributed by atoms with Gasteiger partial charge in [0.25, 0.3) is 0 Å². The predicted molar refractivity (Wildman–Crippen MR) is 83.4 cm³/mol. The second-order valence-corrected chi connectivity index (χ2v) is 6.03. The summed E-state index contributed by atoms with van der Waals surface area (Å²) < 4.78 is 1.82. The average Bonchev–Trinajstić information content (AvgIpc) is 2.86. The Labute approximate surface area is 131 Å². The quantitative estimate of drug-likeness (QED) is 0.768. The number of carbonyl (C=O) groups is 1. The van der Waals surface area contributed by atoms with Crippen LogP contribution in [0.1, 0.15) is 10.4 Å². The molecule has 0 aliphatic heterocycles. The lowest BCUT2D eigenvalue weighted by molar-refractivity contribution is -0.251. The van der Waals surface area contributed by atoms with Gasteiger partial charge in [0.15, 0.2) is 4.80 Å². The summed E-state index contributed by atoms with van der Waals surface area (Å²) in [5.74, 6) is 0. The van der Waals surface area contributed by atoms with Crippen molar-refractivity contribution in [3.8, 4) is 0 Å². The first-order valence-electron chi connectivity index (χ1n) is 6.79. The summed E-state index contributed by atoms with van der Waals surface area (Å²) in [7, 11) is 0. The van der Waals surface area contributed by atoms with Gasteiger partial charge in [-0.25, -0.2) is 0 Å². The SMILES string of the molecule is N=c1sc(CNC(=O)[O-])cn1Cc1cccc2ccccc12. The summed E-state index contributed by atoms with van der Waals surface area (Å²) in [5, 5.41) is 23.0. The Bertz CT molecular complexity index is 877. The van der Waals surface area contributed by atoms with Crippen molar-refractivity contribution in [1.29, 1.82) is 5.41 Å². The fourth-order valence-electron chi connectivity index (χ4n) is 2.41. The van der Waals surface area contributed by atoms with Crippen LogP contribution in [0.2, 0.25) is 0 Å². The average molecular weight is 312 g/mol. The van der Waals surface area contributed by atoms with Gasteiger partial charge in [0, 0.05) is 11.1 Å². The zero-order chi connectivity index (χ0) is 15.5. The van der Waals surface area contributed by atoms with Crippen molar-refractivity contribution >= 4 is 28.2 Å². The van der Waals surface area contributed by atoms with Crippen molar-refractivity contribution in [2.45, 2.75) is 13.1 Å². The molecule has 1 aromatic heterocycles. The maximum atomic E-state index is 10.4. The molecule has 112 valence electrons. The van der Waals surface area contributed by atoms with E-state index in [2.05, 4.69) is 23.5 Å². The zero-order valence-corrected chi connectivity index (χ0v) is 12.5. The third-order valence-corrected chi connectivity index (χ3v) is 4.36. The van der Waals surface area contributed by atoms with Crippen molar-refractivity contribution < 1.29 is 9.90 Å². The van der Waals surface area contributed by atoms with Crippen LogP contribution < -0.4 is 15.2 Å². The monoisotopic (exact) mass is 312 g/mol. The Kier molecular flexibility index (Phi) is 3.93. The first kappa shape index (κ1) is 14.3. The first-order chi connectivity index (χ1) is 10.6. The maximum Gasteiger partial charge on any atom is 0.182 e. The molecule has 0 bridgehead atoms. The van der Waals surface area contributed by atoms with E-state index < -0.39 is 6.09 Å². The number of benzene rings is 2. The van der Waals surface area contributed by atoms with Gasteiger partial charge in [-0.1, -0.05) is 42.5 Å². The molecule has 0 aliphatic rings. The highest BCUT2D eigenvalue weighted by atomic mass is 32.1. The van der Waals surface area contributed by atoms with Gasteiger partial charge in [-0.2, -0.15) is 0 Å². The minimum Gasteiger partial charge on any atom is -0.530 e. The van der Waals surface area contributed by atoms with E-state index in [1.165, 1.54) is 16.7 Å². The number of fused-ring (bicyclic) bond motifs is 1. The summed E-state index contributed by atoms with van der Waals surface area (Å²) in [6.45, 7) is 0.753. The molecule has 0 atom stereocenters. The van der Waals surface area contributed by atoms with E-state index in [-0.39, 0.29) is 6.54 Å². The van der Waals surface area contributed by atoms with Crippen LogP contribution in [-0.4, -0.2) is 10.7 Å². The molecule has 0 fully saturated rings. The number of carbonyl (C=O) groups excluding carboxylic acids is 1. The molecule has 0 saturated carbocycles. The number of thiazole rings is 1. The molecule has 0 aliphatic carbocycles. The standard InChI is InChI=1S/C16H15N3O2S/c17-15-19(10-13(22-15)8-18-16(20)21)9-12-6-3-5-11-4-1-2-7-14(11)12/h1-7,10,17-18H,8-9H2,(H,20,21)/p-1. The largest absolute Gasteiger partial charge is 0.530 e. The van der Waals surface area contributed by atoms with Crippen molar-refractivity contribution in [3.05, 3.63) is 63.9 Å². The fourth-order valence-corrected chi connectivity index (χ4v) is 3.22. The zero-order valence-electron chi connectivity index (χ0n) is 11.7. The molecule has 2 N–H and O–H groups in total. The molecule has 3 aromatic rings. The molecule has 0 radical (unpaired) electrons. The van der Waals surface area contributed by atoms with Crippen molar-refractivity contribution in [3.63, 3.8) is 0 Å². The first-order valence-corrected chi connectivity index (χ1v) is 7.60. The van der Waals surface area contributed by atoms with Gasteiger partial charge < -0.3 is 19.8 Å². The molecule has 1 heterocycles. The molecule has 5 nitrogen and oxygen atoms in total. The van der Waals surface area contributed by atoms with Crippen LogP contribution >= 0.6 is 11.3 Å². The highest BCUT2D eigenvalue weighted by Crippen LogP contribution is 2.19. The van der Waals surface area contributed by atoms with E-state index >= 15 is 0 Å². The minimum absolute atomic E-state index is 0.168. The number of rotatable bonds is 4. The van der Waals surface area contributed by atoms with E-state index in [9.17, 15) is 9.90 Å². The molecule has 6 heteroatoms. The van der Waals surface area contributed by atoms with E-state index in [0.29, 0.717) is 11.3 Å². The summed E-state index contributed by atoms with van der Waals surface area (Å²) in [5.41, 5.74) is 1.13. The lowest BCUT2D eigenvalue weighted by Gasteiger charge is -2.07. The van der Waals surface area contributed by atoms with E-state index in [1.807, 2.05) is 35.0 Å². The molecule has 3 rings (SSSR count). The second kappa shape index (κ2) is 6.03. The van der Waals surface area contributed by atoms with Crippen molar-refractivity contribution in [2.75, 3.05) is 0 Å². The Morgan fingerprint density at radius 2 is 2.00 bits per heavy atom. The van der Waals surface area contributed by atoms with Crippen molar-refractivity contribution in [1.82, 2.24) is 9.88 Å². The van der Waals surface area contributed by atoms with Crippen LogP contribution in [0.25, 0.3) is 10.8 Å². The highest BCUT2D eigenvalue weighted by Gasteiger charge is 2.05. The van der Waals surface area contributed by atoms with Gasteiger partial charge >= 0.3 is 0 Å². The third kappa shape index (κ3) is 3.01. The predicted octanol–water partition coefficient (Wildman–Crippen LogP) is 1.66. The summed E-state index contributed by atoms with van der Waals surface area (Å²) in [6.07, 6.45) is 0.505. The molecular weight excluding hydrogens is 298 g/mol. The van der Waals surface area contributed by atoms with Gasteiger partial charge in [0.1, 0.15) is 6.09 Å². The molecular formula is C16H14N3O2S-. The minimum atomic E-state index is -1.31. The van der Waals surface area contributed by atoms with E-state index in [1.54, 1.807) is 0 Å². The number of nitrogens with one attached hydrogen (secondary N) is 2. The Morgan fingerprint density at radius 1 is 1.23 bits per heavy atom. The van der Waals surface area contributed by atoms with Crippen molar-refractivity contribution in [2.24, 2.45) is 0 Å². The highest BCUT2D eigenvalue weighted by molar-refractivity contribution is 7.09. The Morgan fingerprint density at radius 3 is 2.82 bits per heavy atom. The third-order valence-electron chi connectivity index (χ3n) is 3.42. The van der Waals surface area contributed by atoms with Crippen LogP contribution in [0.15, 0.2) is 48.7 Å². The van der Waals surface area contributed by atoms with Gasteiger partial charge in [-0.15, -0.1) is 11.3 Å². The maximum absolute atomic E-state index is 10.4.